The fraction of sp³-hybridized carbons (Fsp3) is 0.486. The van der Waals surface area contributed by atoms with Gasteiger partial charge in [0.15, 0.2) is 19.8 Å². The van der Waals surface area contributed by atoms with Crippen molar-refractivity contribution in [2.45, 2.75) is 66.5 Å². The molecule has 0 aliphatic carbocycles. The zero-order chi connectivity index (χ0) is 41.1. The number of carbonyl (C=O) groups excluding carboxylic acids is 2. The predicted molar refractivity (Wildman–Crippen MR) is 212 cm³/mol. The molecule has 3 heterocycles. The Balaban J connectivity index is 0.000000244. The average molecular weight is 823 g/mol. The van der Waals surface area contributed by atoms with Crippen LogP contribution in [0.25, 0.3) is 0 Å². The number of halogens is 2. The lowest BCUT2D eigenvalue weighted by Gasteiger charge is -2.28. The van der Waals surface area contributed by atoms with Crippen LogP contribution in [0, 0.1) is 30.5 Å². The second kappa shape index (κ2) is 20.2. The standard InChI is InChI=1S/C18H17FN4O2S.C14H20ClNO2.C5H12NO4P/c1-4-5-22-13-7-12(11(19)6-14(13)25-9-16(22)24)20-17-23-10-18(2,3)8-15(23)21-26-17;1-4-12-8-6-7-11(3)14(12)16(10-18-5-2)13(17)9-15;1-11(9,10)3-2-4(6)5(7)8/h1,6-7H,5,8-10H2,2-3H3;6-8H,4-5,9-10H2,1-3H3;4H,2-3,6H2,1H3,(H,7,8)(H,9,10). The summed E-state index contributed by atoms with van der Waals surface area (Å²) < 4.78 is 42.3. The number of hydrogen-bond acceptors (Lipinski definition) is 10. The number of carboxylic acids is 1. The van der Waals surface area contributed by atoms with Gasteiger partial charge in [-0.2, -0.15) is 4.37 Å². The number of alkyl halides is 1. The van der Waals surface area contributed by atoms with Crippen LogP contribution in [0.1, 0.15) is 51.1 Å². The fourth-order valence-electron chi connectivity index (χ4n) is 5.66. The van der Waals surface area contributed by atoms with Crippen molar-refractivity contribution in [1.82, 2.24) is 8.94 Å². The zero-order valence-corrected chi connectivity index (χ0v) is 34.3. The lowest BCUT2D eigenvalue weighted by Crippen LogP contribution is -2.39. The third-order valence-electron chi connectivity index (χ3n) is 8.42. The Morgan fingerprint density at radius 3 is 2.64 bits per heavy atom. The lowest BCUT2D eigenvalue weighted by atomic mass is 9.92. The Hall–Kier alpha value is -4.10. The normalized spacial score (nSPS) is 15.8. The zero-order valence-electron chi connectivity index (χ0n) is 31.9. The lowest BCUT2D eigenvalue weighted by molar-refractivity contribution is -0.138. The first kappa shape index (κ1) is 45.3. The molecule has 5 rings (SSSR count). The Morgan fingerprint density at radius 2 is 2.04 bits per heavy atom. The molecule has 0 saturated carbocycles. The van der Waals surface area contributed by atoms with Crippen molar-refractivity contribution in [2.75, 3.05) is 55.0 Å². The summed E-state index contributed by atoms with van der Waals surface area (Å²) >= 11 is 6.92. The highest BCUT2D eigenvalue weighted by atomic mass is 35.5. The smallest absolute Gasteiger partial charge is 0.320 e. The van der Waals surface area contributed by atoms with Gasteiger partial charge < -0.3 is 29.8 Å². The van der Waals surface area contributed by atoms with E-state index < -0.39 is 25.2 Å². The van der Waals surface area contributed by atoms with Crippen LogP contribution in [0.15, 0.2) is 35.3 Å². The minimum atomic E-state index is -3.10. The quantitative estimate of drug-likeness (QED) is 0.0963. The van der Waals surface area contributed by atoms with Crippen LogP contribution in [-0.4, -0.2) is 88.0 Å². The third-order valence-corrected chi connectivity index (χ3v) is 10.5. The molecular weight excluding hydrogens is 774 g/mol. The molecule has 4 N–H and O–H groups in total. The van der Waals surface area contributed by atoms with Gasteiger partial charge in [0.2, 0.25) is 10.7 Å². The molecule has 2 aliphatic rings. The third kappa shape index (κ3) is 12.7. The second-order valence-electron chi connectivity index (χ2n) is 13.7. The highest BCUT2D eigenvalue weighted by Gasteiger charge is 2.31. The van der Waals surface area contributed by atoms with Gasteiger partial charge in [0.1, 0.15) is 35.9 Å². The van der Waals surface area contributed by atoms with Crippen molar-refractivity contribution < 1.29 is 42.8 Å². The number of amides is 2. The summed E-state index contributed by atoms with van der Waals surface area (Å²) in [7, 11) is -3.10. The molecule has 0 radical (unpaired) electrons. The number of aliphatic carboxylic acids is 1. The summed E-state index contributed by atoms with van der Waals surface area (Å²) in [5.41, 5.74) is 8.89. The Morgan fingerprint density at radius 1 is 1.33 bits per heavy atom. The number of para-hydroxylation sites is 1. The summed E-state index contributed by atoms with van der Waals surface area (Å²) in [6.07, 6.45) is 7.09. The van der Waals surface area contributed by atoms with E-state index in [1.54, 1.807) is 4.90 Å². The van der Waals surface area contributed by atoms with Gasteiger partial charge in [-0.1, -0.05) is 44.9 Å². The molecule has 2 unspecified atom stereocenters. The first-order valence-electron chi connectivity index (χ1n) is 17.5. The maximum Gasteiger partial charge on any atom is 0.320 e. The second-order valence-corrected chi connectivity index (χ2v) is 17.2. The maximum atomic E-state index is 14.5. The monoisotopic (exact) mass is 822 g/mol. The van der Waals surface area contributed by atoms with Crippen LogP contribution in [0.2, 0.25) is 0 Å². The van der Waals surface area contributed by atoms with Crippen molar-refractivity contribution in [3.8, 4) is 18.1 Å². The van der Waals surface area contributed by atoms with E-state index in [1.165, 1.54) is 35.2 Å². The number of aromatic nitrogens is 2. The Kier molecular flexibility index (Phi) is 16.6. The van der Waals surface area contributed by atoms with Gasteiger partial charge in [-0.15, -0.1) is 18.0 Å². The van der Waals surface area contributed by atoms with Crippen LogP contribution in [0.3, 0.4) is 0 Å². The van der Waals surface area contributed by atoms with E-state index in [0.29, 0.717) is 22.8 Å². The van der Waals surface area contributed by atoms with E-state index in [2.05, 4.69) is 36.1 Å². The summed E-state index contributed by atoms with van der Waals surface area (Å²) in [6, 6.07) is 7.75. The number of terminal acetylenes is 1. The number of rotatable bonds is 12. The van der Waals surface area contributed by atoms with Crippen LogP contribution in [-0.2, 0) is 43.1 Å². The molecule has 2 amide bonds. The van der Waals surface area contributed by atoms with Crippen LogP contribution in [0.5, 0.6) is 5.75 Å². The number of nitrogens with two attached hydrogens (primary N) is 1. The number of benzene rings is 2. The molecule has 3 aromatic rings. The van der Waals surface area contributed by atoms with Crippen LogP contribution in [0.4, 0.5) is 21.5 Å². The van der Waals surface area contributed by atoms with Crippen molar-refractivity contribution in [1.29, 1.82) is 0 Å². The van der Waals surface area contributed by atoms with Gasteiger partial charge in [-0.3, -0.25) is 28.7 Å². The minimum Gasteiger partial charge on any atom is -0.481 e. The number of fused-ring (bicyclic) bond motifs is 2. The average Bonchev–Trinajstić information content (AvgIpc) is 3.64. The highest BCUT2D eigenvalue weighted by molar-refractivity contribution is 7.57. The predicted octanol–water partition coefficient (Wildman–Crippen LogP) is 5.07. The molecule has 18 heteroatoms. The maximum absolute atomic E-state index is 14.5. The Labute approximate surface area is 329 Å². The number of ether oxygens (including phenoxy) is 2. The molecule has 0 bridgehead atoms. The highest BCUT2D eigenvalue weighted by Crippen LogP contribution is 2.38. The van der Waals surface area contributed by atoms with Crippen LogP contribution < -0.4 is 25.1 Å². The van der Waals surface area contributed by atoms with Crippen molar-refractivity contribution in [2.24, 2.45) is 16.1 Å². The summed E-state index contributed by atoms with van der Waals surface area (Å²) in [5, 5.41) is 8.28. The van der Waals surface area contributed by atoms with E-state index in [1.807, 2.05) is 36.6 Å². The van der Waals surface area contributed by atoms with E-state index >= 15 is 0 Å². The molecule has 0 fully saturated rings. The number of carbonyl (C=O) groups is 3. The SMILES string of the molecule is C#CCN1C(=O)COc2cc(F)c(N=c3snc4n3CC(C)(C)C4)cc21.CCOCN(C(=O)CCl)c1c(C)cccc1CC.CP(=O)(O)CCC(N)C(=O)O. The number of anilines is 2. The van der Waals surface area contributed by atoms with Gasteiger partial charge in [0, 0.05) is 50.0 Å². The van der Waals surface area contributed by atoms with Crippen molar-refractivity contribution in [3.63, 3.8) is 0 Å². The fourth-order valence-corrected chi connectivity index (χ4v) is 7.31. The summed E-state index contributed by atoms with van der Waals surface area (Å²) in [6.45, 7) is 13.0. The molecule has 1 aromatic heterocycles. The van der Waals surface area contributed by atoms with Gasteiger partial charge in [0.05, 0.1) is 17.9 Å². The van der Waals surface area contributed by atoms with E-state index in [-0.39, 0.29) is 61.3 Å². The molecule has 2 atom stereocenters. The molecular formula is C37H49ClFN6O8PS. The molecule has 0 spiro atoms. The number of aryl methyl sites for hydroxylation is 2. The topological polar surface area (TPSA) is 190 Å². The number of hydrogen-bond donors (Lipinski definition) is 3. The molecule has 2 aromatic carbocycles. The first-order chi connectivity index (χ1) is 25.9. The molecule has 55 heavy (non-hydrogen) atoms. The molecule has 300 valence electrons. The molecule has 0 saturated heterocycles. The summed E-state index contributed by atoms with van der Waals surface area (Å²) in [5.74, 6) is 1.61. The Bertz CT molecular complexity index is 2010. The van der Waals surface area contributed by atoms with Crippen LogP contribution >= 0.6 is 30.5 Å². The van der Waals surface area contributed by atoms with Gasteiger partial charge in [-0.25, -0.2) is 9.38 Å². The van der Waals surface area contributed by atoms with Crippen molar-refractivity contribution >= 4 is 65.3 Å². The van der Waals surface area contributed by atoms with E-state index in [4.69, 9.17) is 43.2 Å². The minimum absolute atomic E-state index is 0.0371. The largest absolute Gasteiger partial charge is 0.481 e. The van der Waals surface area contributed by atoms with Gasteiger partial charge >= 0.3 is 5.97 Å². The summed E-state index contributed by atoms with van der Waals surface area (Å²) in [4.78, 5) is 51.0. The van der Waals surface area contributed by atoms with Gasteiger partial charge in [0.25, 0.3) is 5.91 Å². The number of nitrogens with zero attached hydrogens (tertiary/aromatic N) is 5. The van der Waals surface area contributed by atoms with Crippen molar-refractivity contribution in [3.05, 3.63) is 57.9 Å². The molecule has 14 nitrogen and oxygen atoms in total. The molecule has 2 aliphatic heterocycles. The first-order valence-corrected chi connectivity index (χ1v) is 21.1. The number of carboxylic acid groups (broad SMARTS) is 1. The van der Waals surface area contributed by atoms with E-state index in [0.717, 1.165) is 42.0 Å². The van der Waals surface area contributed by atoms with E-state index in [9.17, 15) is 23.3 Å². The van der Waals surface area contributed by atoms with Gasteiger partial charge in [-0.05, 0) is 49.3 Å².